The first kappa shape index (κ1) is 8.74. The van der Waals surface area contributed by atoms with Gasteiger partial charge in [-0.15, -0.1) is 5.10 Å². The Morgan fingerprint density at radius 2 is 1.71 bits per heavy atom. The van der Waals surface area contributed by atoms with Crippen LogP contribution in [0, 0.1) is 13.8 Å². The van der Waals surface area contributed by atoms with E-state index in [0.717, 1.165) is 16.7 Å². The summed E-state index contributed by atoms with van der Waals surface area (Å²) in [5, 5.41) is 16.0. The summed E-state index contributed by atoms with van der Waals surface area (Å²) in [6.45, 7) is 3.99. The van der Waals surface area contributed by atoms with Crippen LogP contribution in [-0.4, -0.2) is 15.3 Å². The average molecular weight is 190 g/mol. The molecule has 0 spiro atoms. The molecule has 0 unspecified atom stereocenters. The van der Waals surface area contributed by atoms with Crippen molar-refractivity contribution in [3.05, 3.63) is 29.3 Å². The molecule has 2 aromatic rings. The van der Waals surface area contributed by atoms with E-state index in [2.05, 4.69) is 16.3 Å². The van der Waals surface area contributed by atoms with Crippen LogP contribution in [-0.2, 0) is 0 Å². The fourth-order valence-corrected chi connectivity index (χ4v) is 1.43. The van der Waals surface area contributed by atoms with Gasteiger partial charge in [0.2, 0.25) is 0 Å². The van der Waals surface area contributed by atoms with Crippen molar-refractivity contribution in [3.8, 4) is 17.5 Å². The number of aryl methyl sites for hydroxylation is 2. The van der Waals surface area contributed by atoms with Crippen molar-refractivity contribution in [2.45, 2.75) is 13.8 Å². The topological polar surface area (TPSA) is 59.2 Å². The quantitative estimate of drug-likeness (QED) is 0.747. The molecule has 0 saturated heterocycles. The summed E-state index contributed by atoms with van der Waals surface area (Å²) in [6.07, 6.45) is -0.404. The predicted molar refractivity (Wildman–Crippen MR) is 50.9 cm³/mol. The number of aromatic hydroxyl groups is 1. The number of aromatic nitrogens is 2. The Morgan fingerprint density at radius 3 is 2.21 bits per heavy atom. The Hall–Kier alpha value is -1.84. The van der Waals surface area contributed by atoms with Gasteiger partial charge in [-0.1, -0.05) is 22.3 Å². The minimum atomic E-state index is -0.404. The minimum Gasteiger partial charge on any atom is -0.465 e. The normalized spacial score (nSPS) is 10.4. The zero-order chi connectivity index (χ0) is 10.1. The highest BCUT2D eigenvalue weighted by molar-refractivity contribution is 5.55. The van der Waals surface area contributed by atoms with E-state index in [1.165, 1.54) is 0 Å². The molecule has 1 aromatic carbocycles. The van der Waals surface area contributed by atoms with Gasteiger partial charge in [-0.3, -0.25) is 0 Å². The van der Waals surface area contributed by atoms with Gasteiger partial charge in [0, 0.05) is 5.56 Å². The van der Waals surface area contributed by atoms with Crippen molar-refractivity contribution in [2.75, 3.05) is 0 Å². The Kier molecular flexibility index (Phi) is 1.96. The van der Waals surface area contributed by atoms with Crippen LogP contribution >= 0.6 is 0 Å². The van der Waals surface area contributed by atoms with Crippen LogP contribution in [0.4, 0.5) is 0 Å². The van der Waals surface area contributed by atoms with Gasteiger partial charge < -0.3 is 9.52 Å². The van der Waals surface area contributed by atoms with Crippen LogP contribution in [0.5, 0.6) is 6.08 Å². The summed E-state index contributed by atoms with van der Waals surface area (Å²) >= 11 is 0. The minimum absolute atomic E-state index is 0.342. The van der Waals surface area contributed by atoms with Gasteiger partial charge in [0.15, 0.2) is 0 Å². The standard InChI is InChI=1S/C10H10N2O2/c1-6-3-7(2)5-8(4-6)9-11-12-10(13)14-9/h3-5H,1-2H3,(H,12,13). The molecule has 0 radical (unpaired) electrons. The first-order valence-corrected chi connectivity index (χ1v) is 4.26. The Balaban J connectivity index is 2.51. The largest absolute Gasteiger partial charge is 0.465 e. The summed E-state index contributed by atoms with van der Waals surface area (Å²) in [7, 11) is 0. The van der Waals surface area contributed by atoms with Crippen LogP contribution in [0.25, 0.3) is 11.5 Å². The molecule has 0 amide bonds. The Bertz CT molecular complexity index is 443. The fourth-order valence-electron chi connectivity index (χ4n) is 1.43. The van der Waals surface area contributed by atoms with Gasteiger partial charge in [0.05, 0.1) is 0 Å². The summed E-state index contributed by atoms with van der Waals surface area (Å²) < 4.78 is 4.91. The molecule has 2 rings (SSSR count). The molecule has 1 N–H and O–H groups in total. The van der Waals surface area contributed by atoms with Crippen molar-refractivity contribution >= 4 is 0 Å². The van der Waals surface area contributed by atoms with Crippen LogP contribution in [0.15, 0.2) is 22.6 Å². The lowest BCUT2D eigenvalue weighted by Crippen LogP contribution is -1.82. The molecule has 14 heavy (non-hydrogen) atoms. The average Bonchev–Trinajstić information content (AvgIpc) is 2.50. The van der Waals surface area contributed by atoms with Crippen molar-refractivity contribution < 1.29 is 9.52 Å². The Labute approximate surface area is 81.2 Å². The third-order valence-electron chi connectivity index (χ3n) is 1.88. The van der Waals surface area contributed by atoms with Crippen LogP contribution in [0.1, 0.15) is 11.1 Å². The zero-order valence-corrected chi connectivity index (χ0v) is 7.98. The number of benzene rings is 1. The predicted octanol–water partition coefficient (Wildman–Crippen LogP) is 2.06. The molecular formula is C10H10N2O2. The molecular weight excluding hydrogens is 180 g/mol. The van der Waals surface area contributed by atoms with Gasteiger partial charge in [0.25, 0.3) is 5.89 Å². The maximum atomic E-state index is 8.91. The van der Waals surface area contributed by atoms with E-state index in [1.807, 2.05) is 26.0 Å². The number of hydrogen-bond acceptors (Lipinski definition) is 4. The molecule has 72 valence electrons. The second-order valence-corrected chi connectivity index (χ2v) is 3.27. The van der Waals surface area contributed by atoms with Gasteiger partial charge >= 0.3 is 6.08 Å². The van der Waals surface area contributed by atoms with E-state index in [-0.39, 0.29) is 0 Å². The summed E-state index contributed by atoms with van der Waals surface area (Å²) in [4.78, 5) is 0. The third kappa shape index (κ3) is 1.59. The maximum Gasteiger partial charge on any atom is 0.412 e. The molecule has 4 nitrogen and oxygen atoms in total. The molecule has 0 atom stereocenters. The number of rotatable bonds is 1. The highest BCUT2D eigenvalue weighted by atomic mass is 16.5. The molecule has 0 aliphatic rings. The van der Waals surface area contributed by atoms with Gasteiger partial charge in [-0.2, -0.15) is 0 Å². The highest BCUT2D eigenvalue weighted by Crippen LogP contribution is 2.22. The number of hydrogen-bond donors (Lipinski definition) is 1. The summed E-state index contributed by atoms with van der Waals surface area (Å²) in [5.41, 5.74) is 3.07. The van der Waals surface area contributed by atoms with Crippen molar-refractivity contribution in [1.29, 1.82) is 0 Å². The molecule has 4 heteroatoms. The summed E-state index contributed by atoms with van der Waals surface area (Å²) in [6, 6.07) is 5.92. The van der Waals surface area contributed by atoms with Crippen LogP contribution in [0.3, 0.4) is 0 Å². The van der Waals surface area contributed by atoms with Crippen molar-refractivity contribution in [3.63, 3.8) is 0 Å². The molecule has 0 aliphatic carbocycles. The SMILES string of the molecule is Cc1cc(C)cc(-c2nnc(O)o2)c1. The van der Waals surface area contributed by atoms with Crippen LogP contribution < -0.4 is 0 Å². The second-order valence-electron chi connectivity index (χ2n) is 3.27. The van der Waals surface area contributed by atoms with E-state index in [9.17, 15) is 0 Å². The summed E-state index contributed by atoms with van der Waals surface area (Å²) in [5.74, 6) is 0.342. The third-order valence-corrected chi connectivity index (χ3v) is 1.88. The molecule has 0 saturated carbocycles. The molecule has 0 aliphatic heterocycles. The van der Waals surface area contributed by atoms with E-state index in [4.69, 9.17) is 9.52 Å². The van der Waals surface area contributed by atoms with Crippen LogP contribution in [0.2, 0.25) is 0 Å². The molecule has 1 aromatic heterocycles. The first-order valence-electron chi connectivity index (χ1n) is 4.26. The van der Waals surface area contributed by atoms with Crippen molar-refractivity contribution in [2.24, 2.45) is 0 Å². The van der Waals surface area contributed by atoms with E-state index >= 15 is 0 Å². The maximum absolute atomic E-state index is 8.91. The zero-order valence-electron chi connectivity index (χ0n) is 7.98. The lowest BCUT2D eigenvalue weighted by Gasteiger charge is -1.99. The van der Waals surface area contributed by atoms with Crippen molar-refractivity contribution in [1.82, 2.24) is 10.2 Å². The smallest absolute Gasteiger partial charge is 0.412 e. The van der Waals surface area contributed by atoms with Gasteiger partial charge in [0.1, 0.15) is 0 Å². The van der Waals surface area contributed by atoms with Gasteiger partial charge in [-0.25, -0.2) is 0 Å². The monoisotopic (exact) mass is 190 g/mol. The van der Waals surface area contributed by atoms with Gasteiger partial charge in [-0.05, 0) is 26.0 Å². The molecule has 0 bridgehead atoms. The van der Waals surface area contributed by atoms with E-state index < -0.39 is 6.08 Å². The molecule has 1 heterocycles. The Morgan fingerprint density at radius 1 is 1.07 bits per heavy atom. The lowest BCUT2D eigenvalue weighted by molar-refractivity contribution is 0.320. The lowest BCUT2D eigenvalue weighted by atomic mass is 10.1. The first-order chi connectivity index (χ1) is 6.65. The van der Waals surface area contributed by atoms with E-state index in [1.54, 1.807) is 0 Å². The van der Waals surface area contributed by atoms with E-state index in [0.29, 0.717) is 5.89 Å². The molecule has 0 fully saturated rings. The second kappa shape index (κ2) is 3.14. The fraction of sp³-hybridized carbons (Fsp3) is 0.200. The highest BCUT2D eigenvalue weighted by Gasteiger charge is 2.07. The number of nitrogens with zero attached hydrogens (tertiary/aromatic N) is 2.